The van der Waals surface area contributed by atoms with E-state index in [-0.39, 0.29) is 28.7 Å². The molecule has 1 aliphatic carbocycles. The van der Waals surface area contributed by atoms with E-state index in [0.717, 1.165) is 38.4 Å². The fourth-order valence-corrected chi connectivity index (χ4v) is 4.70. The summed E-state index contributed by atoms with van der Waals surface area (Å²) >= 11 is 0. The summed E-state index contributed by atoms with van der Waals surface area (Å²) in [5.41, 5.74) is 2.17. The molecule has 2 aromatic carbocycles. The van der Waals surface area contributed by atoms with Gasteiger partial charge in [-0.25, -0.2) is 4.79 Å². The van der Waals surface area contributed by atoms with Gasteiger partial charge in [0.2, 0.25) is 17.3 Å². The molecule has 1 fully saturated rings. The van der Waals surface area contributed by atoms with Crippen molar-refractivity contribution in [1.29, 1.82) is 0 Å². The van der Waals surface area contributed by atoms with Gasteiger partial charge in [-0.05, 0) is 30.7 Å². The molecule has 5 rings (SSSR count). The van der Waals surface area contributed by atoms with E-state index < -0.39 is 5.78 Å². The van der Waals surface area contributed by atoms with Crippen LogP contribution in [-0.4, -0.2) is 72.0 Å². The number of ether oxygens (including phenoxy) is 1. The average molecular weight is 476 g/mol. The lowest BCUT2D eigenvalue weighted by Gasteiger charge is -2.36. The van der Waals surface area contributed by atoms with Crippen LogP contribution in [0.2, 0.25) is 0 Å². The lowest BCUT2D eigenvalue weighted by atomic mass is 9.90. The number of carbonyl (C=O) groups excluding carboxylic acids is 3. The number of anilines is 1. The Morgan fingerprint density at radius 1 is 0.971 bits per heavy atom. The van der Waals surface area contributed by atoms with Crippen LogP contribution in [0, 0.1) is 5.21 Å². The summed E-state index contributed by atoms with van der Waals surface area (Å²) in [7, 11) is 1.37. The van der Waals surface area contributed by atoms with Crippen LogP contribution >= 0.6 is 0 Å². The average Bonchev–Trinajstić information content (AvgIpc) is 3.23. The Morgan fingerprint density at radius 2 is 1.63 bits per heavy atom. The normalized spacial score (nSPS) is 15.6. The maximum atomic E-state index is 13.0. The topological polar surface area (TPSA) is 112 Å². The molecule has 180 valence electrons. The number of nitrogens with zero attached hydrogens (tertiary/aromatic N) is 5. The lowest BCUT2D eigenvalue weighted by Crippen LogP contribution is -2.47. The maximum absolute atomic E-state index is 13.0. The van der Waals surface area contributed by atoms with E-state index >= 15 is 0 Å². The van der Waals surface area contributed by atoms with E-state index in [1.807, 2.05) is 12.1 Å². The number of methoxy groups -OCH3 is 1. The van der Waals surface area contributed by atoms with Crippen LogP contribution in [-0.2, 0) is 11.3 Å². The Kier molecular flexibility index (Phi) is 6.04. The third-order valence-corrected chi connectivity index (χ3v) is 6.59. The minimum Gasteiger partial charge on any atom is -0.571 e. The summed E-state index contributed by atoms with van der Waals surface area (Å²) in [6, 6.07) is 14.0. The zero-order valence-corrected chi connectivity index (χ0v) is 19.3. The Bertz CT molecular complexity index is 1290. The Labute approximate surface area is 201 Å². The molecule has 1 saturated heterocycles. The van der Waals surface area contributed by atoms with Gasteiger partial charge in [0, 0.05) is 59.6 Å². The minimum atomic E-state index is -0.394. The van der Waals surface area contributed by atoms with Gasteiger partial charge >= 0.3 is 5.97 Å². The van der Waals surface area contributed by atoms with Crippen molar-refractivity contribution >= 4 is 23.2 Å². The quantitative estimate of drug-likeness (QED) is 0.233. The number of hydrogen-bond donors (Lipinski definition) is 0. The SMILES string of the molecule is COC(=O)c1ccc(N2CCN(CCCn3c4c(n[n+]3[O-])C(=O)c3ccccc3C4=O)CC2)cc1. The zero-order chi connectivity index (χ0) is 24.5. The molecular weight excluding hydrogens is 450 g/mol. The smallest absolute Gasteiger partial charge is 0.337 e. The standard InChI is InChI=1S/C25H25N5O5/c1-35-25(33)17-7-9-18(10-8-17)28-15-13-27(14-16-28)11-4-12-29-22-21(26-30(29)34)23(31)19-5-2-3-6-20(19)24(22)32/h2-3,5-10H,4,11-16H2,1H3. The highest BCUT2D eigenvalue weighted by Gasteiger charge is 2.39. The van der Waals surface area contributed by atoms with Crippen LogP contribution in [0.1, 0.15) is 48.9 Å². The van der Waals surface area contributed by atoms with Gasteiger partial charge in [0.15, 0.2) is 5.69 Å². The summed E-state index contributed by atoms with van der Waals surface area (Å²) < 4.78 is 6.01. The highest BCUT2D eigenvalue weighted by molar-refractivity contribution is 6.26. The second kappa shape index (κ2) is 9.30. The monoisotopic (exact) mass is 475 g/mol. The number of carbonyl (C=O) groups is 3. The number of hydrogen-bond acceptors (Lipinski definition) is 8. The first kappa shape index (κ1) is 22.7. The van der Waals surface area contributed by atoms with Crippen LogP contribution in [0.15, 0.2) is 48.5 Å². The minimum absolute atomic E-state index is 0.0731. The highest BCUT2D eigenvalue weighted by Crippen LogP contribution is 2.25. The zero-order valence-electron chi connectivity index (χ0n) is 19.3. The predicted octanol–water partition coefficient (Wildman–Crippen LogP) is 1.29. The molecule has 0 radical (unpaired) electrons. The number of ketones is 2. The summed E-state index contributed by atoms with van der Waals surface area (Å²) in [5, 5.41) is 16.2. The van der Waals surface area contributed by atoms with Gasteiger partial charge in [0.1, 0.15) is 0 Å². The number of fused-ring (bicyclic) bond motifs is 2. The van der Waals surface area contributed by atoms with Crippen molar-refractivity contribution in [1.82, 2.24) is 14.7 Å². The molecule has 0 bridgehead atoms. The third kappa shape index (κ3) is 4.17. The van der Waals surface area contributed by atoms with Crippen molar-refractivity contribution in [2.45, 2.75) is 13.0 Å². The van der Waals surface area contributed by atoms with Crippen molar-refractivity contribution in [3.8, 4) is 0 Å². The van der Waals surface area contributed by atoms with Crippen molar-refractivity contribution in [2.24, 2.45) is 0 Å². The van der Waals surface area contributed by atoms with Crippen LogP contribution < -0.4 is 9.86 Å². The molecule has 0 N–H and O–H groups in total. The first-order valence-corrected chi connectivity index (χ1v) is 11.5. The van der Waals surface area contributed by atoms with E-state index in [4.69, 9.17) is 4.74 Å². The molecule has 0 saturated carbocycles. The fraction of sp³-hybridized carbons (Fsp3) is 0.320. The molecule has 1 aromatic heterocycles. The summed E-state index contributed by atoms with van der Waals surface area (Å²) in [6.45, 7) is 4.42. The molecule has 1 aliphatic heterocycles. The first-order chi connectivity index (χ1) is 17.0. The fourth-order valence-electron chi connectivity index (χ4n) is 4.70. The van der Waals surface area contributed by atoms with Crippen LogP contribution in [0.4, 0.5) is 5.69 Å². The summed E-state index contributed by atoms with van der Waals surface area (Å²) in [5.74, 6) is -1.09. The van der Waals surface area contributed by atoms with Crippen molar-refractivity contribution in [2.75, 3.05) is 44.7 Å². The Morgan fingerprint density at radius 3 is 2.29 bits per heavy atom. The second-order valence-electron chi connectivity index (χ2n) is 8.60. The molecule has 0 amide bonds. The number of rotatable bonds is 6. The number of benzene rings is 2. The highest BCUT2D eigenvalue weighted by atomic mass is 16.5. The van der Waals surface area contributed by atoms with E-state index in [2.05, 4.69) is 14.9 Å². The van der Waals surface area contributed by atoms with E-state index in [1.54, 1.807) is 36.4 Å². The van der Waals surface area contributed by atoms with Gasteiger partial charge in [-0.1, -0.05) is 24.3 Å². The third-order valence-electron chi connectivity index (χ3n) is 6.59. The number of esters is 1. The van der Waals surface area contributed by atoms with Gasteiger partial charge in [-0.2, -0.15) is 0 Å². The van der Waals surface area contributed by atoms with Crippen molar-refractivity contribution < 1.29 is 24.1 Å². The van der Waals surface area contributed by atoms with Crippen molar-refractivity contribution in [3.63, 3.8) is 0 Å². The van der Waals surface area contributed by atoms with E-state index in [0.29, 0.717) is 29.1 Å². The van der Waals surface area contributed by atoms with Gasteiger partial charge in [-0.3, -0.25) is 14.5 Å². The molecule has 10 nitrogen and oxygen atoms in total. The molecule has 0 unspecified atom stereocenters. The molecule has 2 heterocycles. The molecule has 2 aliphatic rings. The number of aromatic nitrogens is 3. The van der Waals surface area contributed by atoms with Gasteiger partial charge in [-0.15, -0.1) is 4.68 Å². The Balaban J connectivity index is 1.18. The lowest BCUT2D eigenvalue weighted by molar-refractivity contribution is -0.749. The Hall–Kier alpha value is -4.05. The van der Waals surface area contributed by atoms with Crippen molar-refractivity contribution in [3.05, 3.63) is 81.8 Å². The van der Waals surface area contributed by atoms with Crippen LogP contribution in [0.5, 0.6) is 0 Å². The molecule has 10 heteroatoms. The second-order valence-corrected chi connectivity index (χ2v) is 8.60. The van der Waals surface area contributed by atoms with E-state index in [1.165, 1.54) is 11.8 Å². The van der Waals surface area contributed by atoms with Gasteiger partial charge in [0.05, 0.1) is 19.2 Å². The molecular formula is C25H25N5O5. The molecule has 0 atom stereocenters. The molecule has 35 heavy (non-hydrogen) atoms. The first-order valence-electron chi connectivity index (χ1n) is 11.5. The van der Waals surface area contributed by atoms with Crippen LogP contribution in [0.3, 0.4) is 0 Å². The maximum Gasteiger partial charge on any atom is 0.337 e. The predicted molar refractivity (Wildman–Crippen MR) is 126 cm³/mol. The van der Waals surface area contributed by atoms with E-state index in [9.17, 15) is 19.6 Å². The number of piperazine rings is 1. The molecule has 0 spiro atoms. The largest absolute Gasteiger partial charge is 0.571 e. The summed E-state index contributed by atoms with van der Waals surface area (Å²) in [4.78, 5) is 42.3. The summed E-state index contributed by atoms with van der Waals surface area (Å²) in [6.07, 6.45) is 0.641. The van der Waals surface area contributed by atoms with Crippen LogP contribution in [0.25, 0.3) is 0 Å². The van der Waals surface area contributed by atoms with Gasteiger partial charge in [0.25, 0.3) is 0 Å². The van der Waals surface area contributed by atoms with Gasteiger partial charge < -0.3 is 14.8 Å². The molecule has 3 aromatic rings.